The quantitative estimate of drug-likeness (QED) is 0.741. The molecule has 0 unspecified atom stereocenters. The maximum atomic E-state index is 12.3. The van der Waals surface area contributed by atoms with Gasteiger partial charge in [0.2, 0.25) is 0 Å². The van der Waals surface area contributed by atoms with E-state index >= 15 is 0 Å². The molecule has 3 rings (SSSR count). The number of hydrogen-bond donors (Lipinski definition) is 0. The van der Waals surface area contributed by atoms with E-state index in [9.17, 15) is 4.79 Å². The molecular weight excluding hydrogens is 240 g/mol. The Morgan fingerprint density at radius 1 is 1.05 bits per heavy atom. The zero-order valence-electron chi connectivity index (χ0n) is 11.3. The Balaban J connectivity index is 1.90. The van der Waals surface area contributed by atoms with Gasteiger partial charge in [-0.3, -0.25) is 9.80 Å². The SMILES string of the molecule is CN1CCN(N=C2C(=O)N(C)c3ccccc32)CC1. The van der Waals surface area contributed by atoms with Gasteiger partial charge in [-0.05, 0) is 13.1 Å². The fourth-order valence-electron chi connectivity index (χ4n) is 2.48. The lowest BCUT2D eigenvalue weighted by Crippen LogP contribution is -2.42. The molecule has 5 heteroatoms. The molecule has 1 aromatic rings. The Morgan fingerprint density at radius 3 is 2.47 bits per heavy atom. The lowest BCUT2D eigenvalue weighted by molar-refractivity contribution is -0.112. The van der Waals surface area contributed by atoms with E-state index in [4.69, 9.17) is 0 Å². The summed E-state index contributed by atoms with van der Waals surface area (Å²) < 4.78 is 0. The van der Waals surface area contributed by atoms with Gasteiger partial charge in [0.05, 0.1) is 5.69 Å². The minimum absolute atomic E-state index is 0.0138. The van der Waals surface area contributed by atoms with Crippen LogP contribution in [0.15, 0.2) is 29.4 Å². The van der Waals surface area contributed by atoms with Crippen molar-refractivity contribution in [1.82, 2.24) is 9.91 Å². The molecule has 2 heterocycles. The molecule has 2 aliphatic heterocycles. The molecule has 0 N–H and O–H groups in total. The summed E-state index contributed by atoms with van der Waals surface area (Å²) >= 11 is 0. The monoisotopic (exact) mass is 258 g/mol. The first-order valence-electron chi connectivity index (χ1n) is 6.56. The van der Waals surface area contributed by atoms with Crippen molar-refractivity contribution < 1.29 is 4.79 Å². The van der Waals surface area contributed by atoms with E-state index in [0.717, 1.165) is 37.4 Å². The summed E-state index contributed by atoms with van der Waals surface area (Å²) in [5.74, 6) is -0.0138. The van der Waals surface area contributed by atoms with Crippen LogP contribution in [0.2, 0.25) is 0 Å². The summed E-state index contributed by atoms with van der Waals surface area (Å²) in [6.45, 7) is 3.73. The van der Waals surface area contributed by atoms with Gasteiger partial charge < -0.3 is 9.80 Å². The van der Waals surface area contributed by atoms with E-state index in [-0.39, 0.29) is 5.91 Å². The van der Waals surface area contributed by atoms with Gasteiger partial charge in [-0.15, -0.1) is 0 Å². The third-order valence-electron chi connectivity index (χ3n) is 3.75. The van der Waals surface area contributed by atoms with Crippen molar-refractivity contribution in [1.29, 1.82) is 0 Å². The van der Waals surface area contributed by atoms with E-state index in [0.29, 0.717) is 5.71 Å². The normalized spacial score (nSPS) is 22.2. The van der Waals surface area contributed by atoms with Crippen molar-refractivity contribution >= 4 is 17.3 Å². The van der Waals surface area contributed by atoms with Crippen molar-refractivity contribution in [2.24, 2.45) is 5.10 Å². The van der Waals surface area contributed by atoms with Crippen molar-refractivity contribution in [2.75, 3.05) is 45.2 Å². The third kappa shape index (κ3) is 2.10. The second kappa shape index (κ2) is 4.66. The van der Waals surface area contributed by atoms with Crippen LogP contribution in [0.1, 0.15) is 5.56 Å². The van der Waals surface area contributed by atoms with Crippen LogP contribution in [-0.2, 0) is 4.79 Å². The first-order valence-corrected chi connectivity index (χ1v) is 6.56. The summed E-state index contributed by atoms with van der Waals surface area (Å²) in [4.78, 5) is 16.2. The Kier molecular flexibility index (Phi) is 2.98. The van der Waals surface area contributed by atoms with Crippen LogP contribution in [0.3, 0.4) is 0 Å². The molecule has 2 aliphatic rings. The first-order chi connectivity index (χ1) is 9.16. The Morgan fingerprint density at radius 2 is 1.74 bits per heavy atom. The van der Waals surface area contributed by atoms with Crippen molar-refractivity contribution in [3.63, 3.8) is 0 Å². The summed E-state index contributed by atoms with van der Waals surface area (Å²) in [7, 11) is 3.90. The number of piperazine rings is 1. The maximum absolute atomic E-state index is 12.3. The number of carbonyl (C=O) groups is 1. The zero-order valence-corrected chi connectivity index (χ0v) is 11.3. The highest BCUT2D eigenvalue weighted by Gasteiger charge is 2.31. The molecule has 0 radical (unpaired) electrons. The molecule has 0 aromatic heterocycles. The number of rotatable bonds is 1. The van der Waals surface area contributed by atoms with E-state index in [1.807, 2.05) is 29.3 Å². The van der Waals surface area contributed by atoms with Gasteiger partial charge in [-0.1, -0.05) is 18.2 Å². The van der Waals surface area contributed by atoms with E-state index in [1.165, 1.54) is 0 Å². The fraction of sp³-hybridized carbons (Fsp3) is 0.429. The highest BCUT2D eigenvalue weighted by Crippen LogP contribution is 2.27. The van der Waals surface area contributed by atoms with Crippen molar-refractivity contribution in [3.05, 3.63) is 29.8 Å². The fourth-order valence-corrected chi connectivity index (χ4v) is 2.48. The minimum Gasteiger partial charge on any atom is -0.309 e. The van der Waals surface area contributed by atoms with Crippen molar-refractivity contribution in [2.45, 2.75) is 0 Å². The molecular formula is C14H18N4O. The highest BCUT2D eigenvalue weighted by molar-refractivity contribution is 6.54. The number of carbonyl (C=O) groups excluding carboxylic acids is 1. The molecule has 0 aliphatic carbocycles. The molecule has 0 spiro atoms. The molecule has 100 valence electrons. The molecule has 1 saturated heterocycles. The molecule has 0 bridgehead atoms. The third-order valence-corrected chi connectivity index (χ3v) is 3.75. The summed E-state index contributed by atoms with van der Waals surface area (Å²) in [6, 6.07) is 7.82. The Hall–Kier alpha value is -1.88. The van der Waals surface area contributed by atoms with Gasteiger partial charge in [0, 0.05) is 38.8 Å². The lowest BCUT2D eigenvalue weighted by Gasteiger charge is -2.30. The second-order valence-electron chi connectivity index (χ2n) is 5.09. The number of benzene rings is 1. The molecule has 5 nitrogen and oxygen atoms in total. The highest BCUT2D eigenvalue weighted by atomic mass is 16.2. The van der Waals surface area contributed by atoms with Gasteiger partial charge >= 0.3 is 0 Å². The van der Waals surface area contributed by atoms with Crippen LogP contribution in [-0.4, -0.2) is 61.8 Å². The van der Waals surface area contributed by atoms with Crippen LogP contribution in [0.4, 0.5) is 5.69 Å². The number of para-hydroxylation sites is 1. The van der Waals surface area contributed by atoms with Crippen molar-refractivity contribution in [3.8, 4) is 0 Å². The number of anilines is 1. The van der Waals surface area contributed by atoms with Gasteiger partial charge in [-0.2, -0.15) is 5.10 Å². The smallest absolute Gasteiger partial charge is 0.279 e. The molecule has 0 saturated carbocycles. The minimum atomic E-state index is -0.0138. The largest absolute Gasteiger partial charge is 0.309 e. The maximum Gasteiger partial charge on any atom is 0.279 e. The number of hydrogen-bond acceptors (Lipinski definition) is 4. The van der Waals surface area contributed by atoms with Gasteiger partial charge in [-0.25, -0.2) is 0 Å². The Labute approximate surface area is 113 Å². The number of amides is 1. The van der Waals surface area contributed by atoms with E-state index in [2.05, 4.69) is 17.0 Å². The van der Waals surface area contributed by atoms with Crippen LogP contribution in [0.25, 0.3) is 0 Å². The molecule has 1 amide bonds. The standard InChI is InChI=1S/C14H18N4O/c1-16-7-9-18(10-8-16)15-13-11-5-3-4-6-12(11)17(2)14(13)19/h3-6H,7-10H2,1-2H3. The lowest BCUT2D eigenvalue weighted by atomic mass is 10.1. The van der Waals surface area contributed by atoms with Crippen LogP contribution in [0, 0.1) is 0 Å². The summed E-state index contributed by atoms with van der Waals surface area (Å²) in [5, 5.41) is 6.58. The van der Waals surface area contributed by atoms with Crippen LogP contribution >= 0.6 is 0 Å². The summed E-state index contributed by atoms with van der Waals surface area (Å²) in [6.07, 6.45) is 0. The topological polar surface area (TPSA) is 39.1 Å². The summed E-state index contributed by atoms with van der Waals surface area (Å²) in [5.41, 5.74) is 2.46. The Bertz CT molecular complexity index is 532. The predicted molar refractivity (Wildman–Crippen MR) is 75.5 cm³/mol. The van der Waals surface area contributed by atoms with Gasteiger partial charge in [0.15, 0.2) is 5.71 Å². The molecule has 1 fully saturated rings. The number of nitrogens with zero attached hydrogens (tertiary/aromatic N) is 4. The molecule has 0 atom stereocenters. The van der Waals surface area contributed by atoms with E-state index < -0.39 is 0 Å². The van der Waals surface area contributed by atoms with Gasteiger partial charge in [0.1, 0.15) is 0 Å². The predicted octanol–water partition coefficient (Wildman–Crippen LogP) is 0.614. The second-order valence-corrected chi connectivity index (χ2v) is 5.09. The molecule has 1 aromatic carbocycles. The average Bonchev–Trinajstić information content (AvgIpc) is 2.67. The first kappa shape index (κ1) is 12.2. The van der Waals surface area contributed by atoms with E-state index in [1.54, 1.807) is 11.9 Å². The average molecular weight is 258 g/mol. The number of fused-ring (bicyclic) bond motifs is 1. The molecule has 19 heavy (non-hydrogen) atoms. The van der Waals surface area contributed by atoms with Crippen LogP contribution in [0.5, 0.6) is 0 Å². The zero-order chi connectivity index (χ0) is 13.4. The van der Waals surface area contributed by atoms with Crippen LogP contribution < -0.4 is 4.90 Å². The number of hydrazone groups is 1. The van der Waals surface area contributed by atoms with Gasteiger partial charge in [0.25, 0.3) is 5.91 Å². The number of likely N-dealkylation sites (N-methyl/N-ethyl adjacent to an activating group) is 2.